The molecule has 98 valence electrons. The maximum Gasteiger partial charge on any atom is 0.257 e. The number of pyridine rings is 1. The van der Waals surface area contributed by atoms with Crippen molar-refractivity contribution in [2.24, 2.45) is 5.92 Å². The molecule has 1 fully saturated rings. The number of rotatable bonds is 4. The normalized spacial score (nSPS) is 19.0. The Morgan fingerprint density at radius 3 is 3.22 bits per heavy atom. The lowest BCUT2D eigenvalue weighted by Crippen LogP contribution is -2.29. The van der Waals surface area contributed by atoms with Gasteiger partial charge in [-0.2, -0.15) is 0 Å². The van der Waals surface area contributed by atoms with Gasteiger partial charge in [0, 0.05) is 51.2 Å². The Labute approximate surface area is 107 Å². The quantitative estimate of drug-likeness (QED) is 0.872. The highest BCUT2D eigenvalue weighted by molar-refractivity contribution is 5.99. The molecular formula is C13H19N3O2. The van der Waals surface area contributed by atoms with E-state index in [4.69, 9.17) is 4.74 Å². The molecule has 1 aliphatic heterocycles. The Kier molecular flexibility index (Phi) is 4.15. The van der Waals surface area contributed by atoms with Gasteiger partial charge < -0.3 is 15.0 Å². The lowest BCUT2D eigenvalue weighted by Gasteiger charge is -2.18. The van der Waals surface area contributed by atoms with Crippen molar-refractivity contribution >= 4 is 11.6 Å². The Morgan fingerprint density at radius 1 is 1.67 bits per heavy atom. The number of amides is 1. The lowest BCUT2D eigenvalue weighted by molar-refractivity contribution is 0.0776. The number of ether oxygens (including phenoxy) is 1. The van der Waals surface area contributed by atoms with Crippen LogP contribution in [0.3, 0.4) is 0 Å². The van der Waals surface area contributed by atoms with Crippen LogP contribution in [0.15, 0.2) is 18.5 Å². The monoisotopic (exact) mass is 249 g/mol. The molecular weight excluding hydrogens is 230 g/mol. The van der Waals surface area contributed by atoms with E-state index in [1.54, 1.807) is 19.5 Å². The summed E-state index contributed by atoms with van der Waals surface area (Å²) in [5.41, 5.74) is 1.46. The number of nitrogens with zero attached hydrogens (tertiary/aromatic N) is 2. The second kappa shape index (κ2) is 5.82. The summed E-state index contributed by atoms with van der Waals surface area (Å²) < 4.78 is 5.14. The summed E-state index contributed by atoms with van der Waals surface area (Å²) in [4.78, 5) is 18.3. The molecule has 5 heteroatoms. The van der Waals surface area contributed by atoms with Crippen molar-refractivity contribution < 1.29 is 9.53 Å². The Morgan fingerprint density at radius 2 is 2.50 bits per heavy atom. The first-order valence-corrected chi connectivity index (χ1v) is 6.16. The molecule has 1 aliphatic rings. The van der Waals surface area contributed by atoms with Crippen molar-refractivity contribution in [2.45, 2.75) is 6.42 Å². The zero-order valence-electron chi connectivity index (χ0n) is 10.8. The SMILES string of the molecule is CNc1ccncc1C(=O)N1CCC(COC)C1. The highest BCUT2D eigenvalue weighted by atomic mass is 16.5. The van der Waals surface area contributed by atoms with Gasteiger partial charge in [0.15, 0.2) is 0 Å². The minimum atomic E-state index is 0.0473. The number of carbonyl (C=O) groups is 1. The average molecular weight is 249 g/mol. The zero-order chi connectivity index (χ0) is 13.0. The molecule has 1 unspecified atom stereocenters. The van der Waals surface area contributed by atoms with Crippen LogP contribution in [0, 0.1) is 5.92 Å². The van der Waals surface area contributed by atoms with Crippen molar-refractivity contribution in [2.75, 3.05) is 39.2 Å². The standard InChI is InChI=1S/C13H19N3O2/c1-14-12-3-5-15-7-11(12)13(17)16-6-4-10(8-16)9-18-2/h3,5,7,10H,4,6,8-9H2,1-2H3,(H,14,15). The number of hydrogen-bond donors (Lipinski definition) is 1. The smallest absolute Gasteiger partial charge is 0.257 e. The fraction of sp³-hybridized carbons (Fsp3) is 0.538. The molecule has 0 bridgehead atoms. The molecule has 1 aromatic heterocycles. The van der Waals surface area contributed by atoms with Crippen LogP contribution in [-0.4, -0.2) is 49.6 Å². The van der Waals surface area contributed by atoms with Gasteiger partial charge in [0.05, 0.1) is 12.2 Å². The van der Waals surface area contributed by atoms with E-state index in [2.05, 4.69) is 10.3 Å². The Hall–Kier alpha value is -1.62. The molecule has 18 heavy (non-hydrogen) atoms. The van der Waals surface area contributed by atoms with E-state index in [1.807, 2.05) is 18.0 Å². The van der Waals surface area contributed by atoms with Gasteiger partial charge in [-0.3, -0.25) is 9.78 Å². The number of methoxy groups -OCH3 is 1. The second-order valence-corrected chi connectivity index (χ2v) is 4.53. The van der Waals surface area contributed by atoms with Crippen LogP contribution >= 0.6 is 0 Å². The minimum absolute atomic E-state index is 0.0473. The highest BCUT2D eigenvalue weighted by Crippen LogP contribution is 2.21. The van der Waals surface area contributed by atoms with Gasteiger partial charge in [-0.1, -0.05) is 0 Å². The number of hydrogen-bond acceptors (Lipinski definition) is 4. The van der Waals surface area contributed by atoms with Gasteiger partial charge in [0.25, 0.3) is 5.91 Å². The van der Waals surface area contributed by atoms with Crippen LogP contribution in [0.2, 0.25) is 0 Å². The maximum absolute atomic E-state index is 12.4. The summed E-state index contributed by atoms with van der Waals surface area (Å²) in [6.07, 6.45) is 4.31. The molecule has 1 aromatic rings. The largest absolute Gasteiger partial charge is 0.387 e. The topological polar surface area (TPSA) is 54.5 Å². The Bertz CT molecular complexity index is 422. The van der Waals surface area contributed by atoms with E-state index >= 15 is 0 Å². The van der Waals surface area contributed by atoms with E-state index in [0.29, 0.717) is 11.5 Å². The maximum atomic E-state index is 12.4. The van der Waals surface area contributed by atoms with Gasteiger partial charge >= 0.3 is 0 Å². The second-order valence-electron chi connectivity index (χ2n) is 4.53. The summed E-state index contributed by atoms with van der Waals surface area (Å²) >= 11 is 0. The predicted octanol–water partition coefficient (Wildman–Crippen LogP) is 1.23. The van der Waals surface area contributed by atoms with Crippen molar-refractivity contribution in [3.05, 3.63) is 24.0 Å². The van der Waals surface area contributed by atoms with E-state index in [9.17, 15) is 4.79 Å². The van der Waals surface area contributed by atoms with Crippen molar-refractivity contribution in [1.82, 2.24) is 9.88 Å². The number of likely N-dealkylation sites (tertiary alicyclic amines) is 1. The van der Waals surface area contributed by atoms with Crippen molar-refractivity contribution in [3.8, 4) is 0 Å². The molecule has 1 saturated heterocycles. The summed E-state index contributed by atoms with van der Waals surface area (Å²) in [5, 5.41) is 3.02. The summed E-state index contributed by atoms with van der Waals surface area (Å²) in [6.45, 7) is 2.28. The third kappa shape index (κ3) is 2.61. The fourth-order valence-corrected chi connectivity index (χ4v) is 2.34. The van der Waals surface area contributed by atoms with Crippen LogP contribution < -0.4 is 5.32 Å². The summed E-state index contributed by atoms with van der Waals surface area (Å²) in [5.74, 6) is 0.500. The van der Waals surface area contributed by atoms with Crippen LogP contribution in [0.1, 0.15) is 16.8 Å². The molecule has 1 atom stereocenters. The highest BCUT2D eigenvalue weighted by Gasteiger charge is 2.27. The van der Waals surface area contributed by atoms with E-state index in [-0.39, 0.29) is 5.91 Å². The summed E-state index contributed by atoms with van der Waals surface area (Å²) in [7, 11) is 3.51. The molecule has 2 heterocycles. The zero-order valence-corrected chi connectivity index (χ0v) is 10.8. The Balaban J connectivity index is 2.08. The molecule has 2 rings (SSSR count). The van der Waals surface area contributed by atoms with Crippen molar-refractivity contribution in [3.63, 3.8) is 0 Å². The number of aromatic nitrogens is 1. The molecule has 0 spiro atoms. The molecule has 1 N–H and O–H groups in total. The number of anilines is 1. The molecule has 0 radical (unpaired) electrons. The number of carbonyl (C=O) groups excluding carboxylic acids is 1. The summed E-state index contributed by atoms with van der Waals surface area (Å²) in [6, 6.07) is 1.82. The third-order valence-corrected chi connectivity index (χ3v) is 3.30. The van der Waals surface area contributed by atoms with Gasteiger partial charge in [-0.15, -0.1) is 0 Å². The van der Waals surface area contributed by atoms with E-state index in [0.717, 1.165) is 31.8 Å². The molecule has 0 saturated carbocycles. The van der Waals surface area contributed by atoms with Gasteiger partial charge in [0.1, 0.15) is 0 Å². The predicted molar refractivity (Wildman–Crippen MR) is 69.7 cm³/mol. The van der Waals surface area contributed by atoms with Crippen LogP contribution in [0.25, 0.3) is 0 Å². The van der Waals surface area contributed by atoms with Gasteiger partial charge in [0.2, 0.25) is 0 Å². The van der Waals surface area contributed by atoms with E-state index < -0.39 is 0 Å². The first kappa shape index (κ1) is 12.8. The van der Waals surface area contributed by atoms with Crippen LogP contribution in [-0.2, 0) is 4.74 Å². The molecule has 5 nitrogen and oxygen atoms in total. The van der Waals surface area contributed by atoms with Gasteiger partial charge in [-0.25, -0.2) is 0 Å². The van der Waals surface area contributed by atoms with Crippen molar-refractivity contribution in [1.29, 1.82) is 0 Å². The molecule has 0 aromatic carbocycles. The number of nitrogens with one attached hydrogen (secondary N) is 1. The first-order valence-electron chi connectivity index (χ1n) is 6.16. The van der Waals surface area contributed by atoms with Crippen LogP contribution in [0.5, 0.6) is 0 Å². The first-order chi connectivity index (χ1) is 8.76. The molecule has 0 aliphatic carbocycles. The third-order valence-electron chi connectivity index (χ3n) is 3.30. The fourth-order valence-electron chi connectivity index (χ4n) is 2.34. The average Bonchev–Trinajstić information content (AvgIpc) is 2.87. The van der Waals surface area contributed by atoms with Crippen LogP contribution in [0.4, 0.5) is 5.69 Å². The molecule has 1 amide bonds. The van der Waals surface area contributed by atoms with Gasteiger partial charge in [-0.05, 0) is 12.5 Å². The minimum Gasteiger partial charge on any atom is -0.387 e. The lowest BCUT2D eigenvalue weighted by atomic mass is 10.1. The van der Waals surface area contributed by atoms with E-state index in [1.165, 1.54) is 0 Å².